The summed E-state index contributed by atoms with van der Waals surface area (Å²) in [6.07, 6.45) is 0.993. The van der Waals surface area contributed by atoms with Crippen LogP contribution in [0.5, 0.6) is 0 Å². The first kappa shape index (κ1) is 10.1. The molecule has 0 radical (unpaired) electrons. The fraction of sp³-hybridized carbons (Fsp3) is 0.750. The molecular weight excluding hydrogens is 144 g/mol. The Bertz CT molecular complexity index is 151. The zero-order chi connectivity index (χ0) is 8.85. The molecule has 0 heterocycles. The molecule has 0 saturated heterocycles. The third-order valence-electron chi connectivity index (χ3n) is 1.69. The smallest absolute Gasteiger partial charge is 0.133 e. The van der Waals surface area contributed by atoms with Crippen LogP contribution in [0.2, 0.25) is 0 Å². The molecular formula is C8H13O3-. The number of aliphatic carboxylic acids is 1. The third-order valence-corrected chi connectivity index (χ3v) is 1.69. The number of hydrogen-bond acceptors (Lipinski definition) is 3. The van der Waals surface area contributed by atoms with Crippen molar-refractivity contribution in [1.29, 1.82) is 0 Å². The van der Waals surface area contributed by atoms with Gasteiger partial charge in [-0.15, -0.1) is 0 Å². The monoisotopic (exact) mass is 157 g/mol. The maximum Gasteiger partial charge on any atom is 0.133 e. The highest BCUT2D eigenvalue weighted by molar-refractivity contribution is 5.82. The van der Waals surface area contributed by atoms with Gasteiger partial charge in [-0.2, -0.15) is 0 Å². The minimum atomic E-state index is -1.12. The second-order valence-electron chi connectivity index (χ2n) is 2.52. The predicted octanol–water partition coefficient (Wildman–Crippen LogP) is 0.132. The summed E-state index contributed by atoms with van der Waals surface area (Å²) in [4.78, 5) is 21.1. The molecule has 1 unspecified atom stereocenters. The van der Waals surface area contributed by atoms with Crippen LogP contribution in [0.25, 0.3) is 0 Å². The summed E-state index contributed by atoms with van der Waals surface area (Å²) in [6, 6.07) is 0. The number of carbonyl (C=O) groups is 2. The Morgan fingerprint density at radius 3 is 2.18 bits per heavy atom. The van der Waals surface area contributed by atoms with Gasteiger partial charge in [0.15, 0.2) is 0 Å². The van der Waals surface area contributed by atoms with Gasteiger partial charge in [0.2, 0.25) is 0 Å². The summed E-state index contributed by atoms with van der Waals surface area (Å²) < 4.78 is 0. The number of carbonyl (C=O) groups excluding carboxylic acids is 2. The highest BCUT2D eigenvalue weighted by Crippen LogP contribution is 2.08. The van der Waals surface area contributed by atoms with Crippen LogP contribution in [0.15, 0.2) is 0 Å². The van der Waals surface area contributed by atoms with Gasteiger partial charge in [-0.05, 0) is 6.42 Å². The second kappa shape index (κ2) is 4.88. The topological polar surface area (TPSA) is 57.2 Å². The summed E-state index contributed by atoms with van der Waals surface area (Å²) in [5.74, 6) is -1.72. The fourth-order valence-corrected chi connectivity index (χ4v) is 0.813. The number of Topliss-reactive ketones (excluding diaryl/α,β-unsaturated/α-hetero) is 1. The van der Waals surface area contributed by atoms with Crippen LogP contribution in [0.3, 0.4) is 0 Å². The average Bonchev–Trinajstić information content (AvgIpc) is 1.99. The van der Waals surface area contributed by atoms with Gasteiger partial charge >= 0.3 is 0 Å². The Morgan fingerprint density at radius 1 is 1.36 bits per heavy atom. The van der Waals surface area contributed by atoms with E-state index in [-0.39, 0.29) is 12.2 Å². The molecule has 3 heteroatoms. The van der Waals surface area contributed by atoms with Gasteiger partial charge in [-0.25, -0.2) is 0 Å². The molecule has 0 N–H and O–H groups in total. The van der Waals surface area contributed by atoms with Crippen LogP contribution < -0.4 is 5.11 Å². The van der Waals surface area contributed by atoms with Crippen molar-refractivity contribution < 1.29 is 14.7 Å². The molecule has 1 atom stereocenters. The molecule has 0 saturated carbocycles. The Morgan fingerprint density at radius 2 is 1.91 bits per heavy atom. The first-order valence-corrected chi connectivity index (χ1v) is 3.84. The lowest BCUT2D eigenvalue weighted by Crippen LogP contribution is -2.32. The summed E-state index contributed by atoms with van der Waals surface area (Å²) in [6.45, 7) is 3.47. The van der Waals surface area contributed by atoms with Crippen molar-refractivity contribution in [3.8, 4) is 0 Å². The van der Waals surface area contributed by atoms with E-state index in [9.17, 15) is 14.7 Å². The van der Waals surface area contributed by atoms with E-state index < -0.39 is 11.9 Å². The molecule has 64 valence electrons. The van der Waals surface area contributed by atoms with Crippen molar-refractivity contribution in [3.05, 3.63) is 0 Å². The molecule has 0 aliphatic heterocycles. The zero-order valence-electron chi connectivity index (χ0n) is 6.92. The summed E-state index contributed by atoms with van der Waals surface area (Å²) in [7, 11) is 0. The van der Waals surface area contributed by atoms with E-state index in [4.69, 9.17) is 0 Å². The third kappa shape index (κ3) is 3.75. The van der Waals surface area contributed by atoms with E-state index in [0.717, 1.165) is 0 Å². The average molecular weight is 157 g/mol. The Balaban J connectivity index is 3.88. The van der Waals surface area contributed by atoms with Gasteiger partial charge in [0, 0.05) is 24.7 Å². The molecule has 0 spiro atoms. The quantitative estimate of drug-likeness (QED) is 0.570. The zero-order valence-corrected chi connectivity index (χ0v) is 6.92. The molecule has 0 aromatic rings. The fourth-order valence-electron chi connectivity index (χ4n) is 0.813. The number of hydrogen-bond donors (Lipinski definition) is 0. The van der Waals surface area contributed by atoms with E-state index >= 15 is 0 Å². The lowest BCUT2D eigenvalue weighted by Gasteiger charge is -2.13. The summed E-state index contributed by atoms with van der Waals surface area (Å²) in [5.41, 5.74) is 0. The number of carboxylic acids is 1. The van der Waals surface area contributed by atoms with Gasteiger partial charge in [-0.1, -0.05) is 13.8 Å². The normalized spacial score (nSPS) is 12.5. The number of ketones is 1. The molecule has 0 bridgehead atoms. The van der Waals surface area contributed by atoms with Crippen LogP contribution in [0.1, 0.15) is 33.1 Å². The van der Waals surface area contributed by atoms with E-state index in [1.807, 2.05) is 0 Å². The highest BCUT2D eigenvalue weighted by atomic mass is 16.4. The molecule has 0 aromatic carbocycles. The van der Waals surface area contributed by atoms with E-state index in [1.54, 1.807) is 13.8 Å². The number of carboxylic acid groups (broad SMARTS) is 1. The Kier molecular flexibility index (Phi) is 4.50. The maximum absolute atomic E-state index is 10.8. The van der Waals surface area contributed by atoms with Gasteiger partial charge in [-0.3, -0.25) is 4.79 Å². The van der Waals surface area contributed by atoms with Gasteiger partial charge in [0.1, 0.15) is 5.78 Å². The first-order valence-electron chi connectivity index (χ1n) is 3.84. The van der Waals surface area contributed by atoms with Crippen molar-refractivity contribution in [2.45, 2.75) is 33.1 Å². The lowest BCUT2D eigenvalue weighted by atomic mass is 9.99. The maximum atomic E-state index is 10.8. The van der Waals surface area contributed by atoms with Crippen molar-refractivity contribution >= 4 is 11.8 Å². The van der Waals surface area contributed by atoms with Crippen LogP contribution in [-0.4, -0.2) is 11.8 Å². The SMILES string of the molecule is CCC(=O)CC(CC)C(=O)[O-]. The van der Waals surface area contributed by atoms with E-state index in [2.05, 4.69) is 0 Å². The van der Waals surface area contributed by atoms with Crippen LogP contribution in [0.4, 0.5) is 0 Å². The van der Waals surface area contributed by atoms with Gasteiger partial charge in [0.05, 0.1) is 0 Å². The minimum Gasteiger partial charge on any atom is -0.550 e. The van der Waals surface area contributed by atoms with Crippen LogP contribution in [0, 0.1) is 5.92 Å². The molecule has 0 fully saturated rings. The molecule has 0 aliphatic rings. The van der Waals surface area contributed by atoms with E-state index in [1.165, 1.54) is 0 Å². The summed E-state index contributed by atoms with van der Waals surface area (Å²) in [5, 5.41) is 10.3. The van der Waals surface area contributed by atoms with Crippen molar-refractivity contribution in [3.63, 3.8) is 0 Å². The summed E-state index contributed by atoms with van der Waals surface area (Å²) >= 11 is 0. The molecule has 0 aromatic heterocycles. The van der Waals surface area contributed by atoms with Crippen LogP contribution >= 0.6 is 0 Å². The number of rotatable bonds is 5. The Labute approximate surface area is 66.4 Å². The van der Waals surface area contributed by atoms with Crippen LogP contribution in [-0.2, 0) is 9.59 Å². The molecule has 0 aliphatic carbocycles. The van der Waals surface area contributed by atoms with E-state index in [0.29, 0.717) is 12.8 Å². The standard InChI is InChI=1S/C8H14O3/c1-3-6(8(10)11)5-7(9)4-2/h6H,3-5H2,1-2H3,(H,10,11)/p-1. The van der Waals surface area contributed by atoms with Crippen molar-refractivity contribution in [2.75, 3.05) is 0 Å². The van der Waals surface area contributed by atoms with Gasteiger partial charge < -0.3 is 9.90 Å². The van der Waals surface area contributed by atoms with Gasteiger partial charge in [0.25, 0.3) is 0 Å². The first-order chi connectivity index (χ1) is 5.11. The lowest BCUT2D eigenvalue weighted by molar-refractivity contribution is -0.311. The predicted molar refractivity (Wildman–Crippen MR) is 38.7 cm³/mol. The van der Waals surface area contributed by atoms with Crippen molar-refractivity contribution in [2.24, 2.45) is 5.92 Å². The molecule has 0 amide bonds. The molecule has 11 heavy (non-hydrogen) atoms. The second-order valence-corrected chi connectivity index (χ2v) is 2.52. The minimum absolute atomic E-state index is 0.0129. The Hall–Kier alpha value is -0.860. The molecule has 0 rings (SSSR count). The largest absolute Gasteiger partial charge is 0.550 e. The van der Waals surface area contributed by atoms with Crippen molar-refractivity contribution in [1.82, 2.24) is 0 Å². The highest BCUT2D eigenvalue weighted by Gasteiger charge is 2.10. The molecule has 3 nitrogen and oxygen atoms in total.